The molecular weight excluding hydrogens is 250 g/mol. The molecule has 3 atom stereocenters. The summed E-state index contributed by atoms with van der Waals surface area (Å²) >= 11 is 3.44. The van der Waals surface area contributed by atoms with E-state index in [0.717, 1.165) is 16.8 Å². The average molecular weight is 271 g/mol. The van der Waals surface area contributed by atoms with Crippen molar-refractivity contribution in [3.63, 3.8) is 0 Å². The van der Waals surface area contributed by atoms with E-state index >= 15 is 0 Å². The van der Waals surface area contributed by atoms with E-state index in [0.29, 0.717) is 11.3 Å². The summed E-state index contributed by atoms with van der Waals surface area (Å²) in [4.78, 5) is 4.30. The summed E-state index contributed by atoms with van der Waals surface area (Å²) in [5.41, 5.74) is 0. The van der Waals surface area contributed by atoms with E-state index in [1.807, 2.05) is 11.8 Å². The predicted octanol–water partition coefficient (Wildman–Crippen LogP) is 3.19. The summed E-state index contributed by atoms with van der Waals surface area (Å²) in [7, 11) is 0. The second-order valence-corrected chi connectivity index (χ2v) is 6.88. The van der Waals surface area contributed by atoms with Crippen molar-refractivity contribution in [3.8, 4) is 0 Å². The highest BCUT2D eigenvalue weighted by atomic mass is 32.2. The summed E-state index contributed by atoms with van der Waals surface area (Å²) < 4.78 is 5.21. The van der Waals surface area contributed by atoms with Crippen LogP contribution < -0.4 is 5.32 Å². The molecule has 96 valence electrons. The molecule has 3 unspecified atom stereocenters. The zero-order valence-electron chi connectivity index (χ0n) is 10.6. The Balaban J connectivity index is 1.97. The Hall–Kier alpha value is -0.130. The third kappa shape index (κ3) is 3.66. The van der Waals surface area contributed by atoms with E-state index in [2.05, 4.69) is 28.5 Å². The topological polar surface area (TPSA) is 37.8 Å². The van der Waals surface area contributed by atoms with Crippen molar-refractivity contribution in [2.75, 3.05) is 6.54 Å². The highest BCUT2D eigenvalue weighted by Crippen LogP contribution is 2.37. The van der Waals surface area contributed by atoms with Gasteiger partial charge in [-0.15, -0.1) is 0 Å². The van der Waals surface area contributed by atoms with Gasteiger partial charge in [-0.25, -0.2) is 4.98 Å². The number of nitrogens with one attached hydrogen (secondary N) is 1. The number of rotatable bonds is 5. The molecule has 0 bridgehead atoms. The molecular formula is C12H21N3S2. The second kappa shape index (κ2) is 6.71. The zero-order valence-corrected chi connectivity index (χ0v) is 12.2. The smallest absolute Gasteiger partial charge is 0.170 e. The summed E-state index contributed by atoms with van der Waals surface area (Å²) in [5, 5.41) is 4.30. The lowest BCUT2D eigenvalue weighted by Gasteiger charge is -2.35. The first-order chi connectivity index (χ1) is 8.33. The van der Waals surface area contributed by atoms with Crippen LogP contribution >= 0.6 is 23.3 Å². The SMILES string of the molecule is CCNC1CCC(CC)CC1Sc1ncns1. The van der Waals surface area contributed by atoms with Crippen molar-refractivity contribution >= 4 is 23.3 Å². The number of nitrogens with zero attached hydrogens (tertiary/aromatic N) is 2. The third-order valence-electron chi connectivity index (χ3n) is 3.54. The number of aromatic nitrogens is 2. The van der Waals surface area contributed by atoms with E-state index in [9.17, 15) is 0 Å². The minimum atomic E-state index is 0.650. The van der Waals surface area contributed by atoms with Crippen LogP contribution in [-0.2, 0) is 0 Å². The number of thioether (sulfide) groups is 1. The van der Waals surface area contributed by atoms with E-state index in [1.54, 1.807) is 6.33 Å². The van der Waals surface area contributed by atoms with Crippen molar-refractivity contribution < 1.29 is 0 Å². The minimum absolute atomic E-state index is 0.650. The van der Waals surface area contributed by atoms with Gasteiger partial charge in [0.1, 0.15) is 6.33 Å². The van der Waals surface area contributed by atoms with Gasteiger partial charge in [0.25, 0.3) is 0 Å². The number of hydrogen-bond donors (Lipinski definition) is 1. The Morgan fingerprint density at radius 1 is 1.47 bits per heavy atom. The largest absolute Gasteiger partial charge is 0.313 e. The molecule has 0 radical (unpaired) electrons. The molecule has 17 heavy (non-hydrogen) atoms. The predicted molar refractivity (Wildman–Crippen MR) is 74.7 cm³/mol. The normalized spacial score (nSPS) is 29.4. The van der Waals surface area contributed by atoms with Crippen LogP contribution in [0.4, 0.5) is 0 Å². The van der Waals surface area contributed by atoms with E-state index in [1.165, 1.54) is 37.2 Å². The number of hydrogen-bond acceptors (Lipinski definition) is 5. The van der Waals surface area contributed by atoms with Gasteiger partial charge in [-0.3, -0.25) is 0 Å². The van der Waals surface area contributed by atoms with Gasteiger partial charge < -0.3 is 5.32 Å². The quantitative estimate of drug-likeness (QED) is 0.892. The molecule has 0 saturated heterocycles. The molecule has 1 aromatic rings. The maximum Gasteiger partial charge on any atom is 0.170 e. The molecule has 0 aromatic carbocycles. The van der Waals surface area contributed by atoms with Gasteiger partial charge in [-0.1, -0.05) is 32.0 Å². The van der Waals surface area contributed by atoms with Gasteiger partial charge in [0.2, 0.25) is 0 Å². The first-order valence-electron chi connectivity index (χ1n) is 6.50. The Kier molecular flexibility index (Phi) is 5.25. The average Bonchev–Trinajstić information content (AvgIpc) is 2.84. The van der Waals surface area contributed by atoms with Crippen LogP contribution in [0.3, 0.4) is 0 Å². The fraction of sp³-hybridized carbons (Fsp3) is 0.833. The fourth-order valence-electron chi connectivity index (χ4n) is 2.55. The van der Waals surface area contributed by atoms with Crippen LogP contribution in [-0.4, -0.2) is 27.2 Å². The standard InChI is InChI=1S/C12H21N3S2/c1-3-9-5-6-10(13-4-2)11(7-9)16-12-14-8-15-17-12/h8-11,13H,3-7H2,1-2H3. The highest BCUT2D eigenvalue weighted by Gasteiger charge is 2.30. The highest BCUT2D eigenvalue weighted by molar-refractivity contribution is 8.01. The maximum atomic E-state index is 4.30. The minimum Gasteiger partial charge on any atom is -0.313 e. The van der Waals surface area contributed by atoms with Crippen LogP contribution in [0.5, 0.6) is 0 Å². The summed E-state index contributed by atoms with van der Waals surface area (Å²) in [6, 6.07) is 0.650. The van der Waals surface area contributed by atoms with Crippen LogP contribution in [0.25, 0.3) is 0 Å². The van der Waals surface area contributed by atoms with Gasteiger partial charge in [-0.05, 0) is 43.3 Å². The molecule has 0 spiro atoms. The van der Waals surface area contributed by atoms with E-state index < -0.39 is 0 Å². The molecule has 1 aromatic heterocycles. The molecule has 0 amide bonds. The first kappa shape index (κ1) is 13.3. The summed E-state index contributed by atoms with van der Waals surface area (Å²) in [6.07, 6.45) is 6.98. The molecule has 3 nitrogen and oxygen atoms in total. The molecule has 1 N–H and O–H groups in total. The molecule has 5 heteroatoms. The molecule has 1 heterocycles. The second-order valence-electron chi connectivity index (χ2n) is 4.61. The van der Waals surface area contributed by atoms with E-state index in [4.69, 9.17) is 0 Å². The Bertz CT molecular complexity index is 316. The Labute approximate surface area is 112 Å². The van der Waals surface area contributed by atoms with Crippen LogP contribution in [0, 0.1) is 5.92 Å². The van der Waals surface area contributed by atoms with Crippen molar-refractivity contribution in [3.05, 3.63) is 6.33 Å². The Morgan fingerprint density at radius 3 is 3.00 bits per heavy atom. The zero-order chi connectivity index (χ0) is 12.1. The van der Waals surface area contributed by atoms with Crippen LogP contribution in [0.1, 0.15) is 39.5 Å². The molecule has 1 aliphatic rings. The van der Waals surface area contributed by atoms with Gasteiger partial charge in [0.05, 0.1) is 0 Å². The lowest BCUT2D eigenvalue weighted by Crippen LogP contribution is -2.42. The van der Waals surface area contributed by atoms with Crippen molar-refractivity contribution in [1.82, 2.24) is 14.7 Å². The van der Waals surface area contributed by atoms with Gasteiger partial charge in [0, 0.05) is 11.3 Å². The lowest BCUT2D eigenvalue weighted by atomic mass is 9.84. The van der Waals surface area contributed by atoms with Crippen molar-refractivity contribution in [2.24, 2.45) is 5.92 Å². The molecule has 1 saturated carbocycles. The van der Waals surface area contributed by atoms with Crippen molar-refractivity contribution in [1.29, 1.82) is 0 Å². The van der Waals surface area contributed by atoms with Gasteiger partial charge in [-0.2, -0.15) is 4.37 Å². The molecule has 1 aliphatic carbocycles. The van der Waals surface area contributed by atoms with Crippen LogP contribution in [0.15, 0.2) is 10.7 Å². The lowest BCUT2D eigenvalue weighted by molar-refractivity contribution is 0.298. The monoisotopic (exact) mass is 271 g/mol. The molecule has 0 aliphatic heterocycles. The van der Waals surface area contributed by atoms with Crippen LogP contribution in [0.2, 0.25) is 0 Å². The van der Waals surface area contributed by atoms with E-state index in [-0.39, 0.29) is 0 Å². The maximum absolute atomic E-state index is 4.30. The molecule has 2 rings (SSSR count). The van der Waals surface area contributed by atoms with Gasteiger partial charge >= 0.3 is 0 Å². The van der Waals surface area contributed by atoms with Crippen molar-refractivity contribution in [2.45, 2.75) is 55.2 Å². The summed E-state index contributed by atoms with van der Waals surface area (Å²) in [5.74, 6) is 0.898. The first-order valence-corrected chi connectivity index (χ1v) is 8.15. The fourth-order valence-corrected chi connectivity index (χ4v) is 4.64. The summed E-state index contributed by atoms with van der Waals surface area (Å²) in [6.45, 7) is 5.57. The molecule has 1 fully saturated rings. The Morgan fingerprint density at radius 2 is 2.35 bits per heavy atom. The third-order valence-corrected chi connectivity index (χ3v) is 5.64. The van der Waals surface area contributed by atoms with Gasteiger partial charge in [0.15, 0.2) is 4.34 Å².